The zero-order valence-electron chi connectivity index (χ0n) is 13.4. The first-order valence-electron chi connectivity index (χ1n) is 7.31. The molecule has 0 saturated heterocycles. The summed E-state index contributed by atoms with van der Waals surface area (Å²) >= 11 is 7.69. The van der Waals surface area contributed by atoms with E-state index in [1.807, 2.05) is 13.8 Å². The van der Waals surface area contributed by atoms with Crippen LogP contribution in [0.15, 0.2) is 23.2 Å². The van der Waals surface area contributed by atoms with Gasteiger partial charge in [-0.15, -0.1) is 11.3 Å². The Hall–Kier alpha value is -1.66. The average molecular weight is 355 g/mol. The van der Waals surface area contributed by atoms with E-state index in [0.717, 1.165) is 10.7 Å². The highest BCUT2D eigenvalue weighted by Gasteiger charge is 2.08. The fraction of sp³-hybridized carbons (Fsp3) is 0.375. The summed E-state index contributed by atoms with van der Waals surface area (Å²) in [7, 11) is 1.70. The largest absolute Gasteiger partial charge is 0.356 e. The Morgan fingerprint density at radius 2 is 2.13 bits per heavy atom. The molecule has 1 heterocycles. The van der Waals surface area contributed by atoms with Gasteiger partial charge in [0.2, 0.25) is 0 Å². The number of aromatic nitrogens is 1. The molecular formula is C16H20ClFN4S. The molecular weight excluding hydrogens is 335 g/mol. The number of aryl methyl sites for hydroxylation is 2. The van der Waals surface area contributed by atoms with E-state index in [-0.39, 0.29) is 5.82 Å². The van der Waals surface area contributed by atoms with Crippen molar-refractivity contribution in [2.24, 2.45) is 4.99 Å². The number of thiazole rings is 1. The van der Waals surface area contributed by atoms with Crippen molar-refractivity contribution in [1.82, 2.24) is 15.6 Å². The van der Waals surface area contributed by atoms with Gasteiger partial charge < -0.3 is 10.6 Å². The second kappa shape index (κ2) is 8.26. The molecule has 0 aliphatic rings. The van der Waals surface area contributed by atoms with Crippen LogP contribution < -0.4 is 10.6 Å². The van der Waals surface area contributed by atoms with E-state index in [0.29, 0.717) is 36.1 Å². The zero-order chi connectivity index (χ0) is 16.8. The van der Waals surface area contributed by atoms with E-state index < -0.39 is 0 Å². The number of nitrogens with zero attached hydrogens (tertiary/aromatic N) is 2. The number of halogens is 2. The van der Waals surface area contributed by atoms with Gasteiger partial charge in [0.05, 0.1) is 17.2 Å². The smallest absolute Gasteiger partial charge is 0.191 e. The molecule has 0 aliphatic heterocycles. The van der Waals surface area contributed by atoms with Crippen molar-refractivity contribution in [2.45, 2.75) is 26.8 Å². The van der Waals surface area contributed by atoms with Gasteiger partial charge in [-0.3, -0.25) is 4.99 Å². The third-order valence-electron chi connectivity index (χ3n) is 3.37. The predicted octanol–water partition coefficient (Wildman–Crippen LogP) is 3.46. The molecule has 0 radical (unpaired) electrons. The van der Waals surface area contributed by atoms with Crippen molar-refractivity contribution in [3.63, 3.8) is 0 Å². The van der Waals surface area contributed by atoms with E-state index in [1.165, 1.54) is 10.9 Å². The molecule has 2 aromatic rings. The first-order valence-corrected chi connectivity index (χ1v) is 8.51. The molecule has 0 spiro atoms. The van der Waals surface area contributed by atoms with Crippen LogP contribution in [-0.2, 0) is 13.0 Å². The molecule has 0 amide bonds. The predicted molar refractivity (Wildman–Crippen MR) is 94.9 cm³/mol. The lowest BCUT2D eigenvalue weighted by molar-refractivity contribution is 0.607. The first kappa shape index (κ1) is 17.7. The molecule has 0 unspecified atom stereocenters. The Balaban J connectivity index is 1.85. The molecule has 2 rings (SSSR count). The van der Waals surface area contributed by atoms with Gasteiger partial charge in [0, 0.05) is 29.1 Å². The van der Waals surface area contributed by atoms with Crippen molar-refractivity contribution in [3.8, 4) is 0 Å². The summed E-state index contributed by atoms with van der Waals surface area (Å²) in [6.07, 6.45) is 0.491. The molecule has 4 nitrogen and oxygen atoms in total. The van der Waals surface area contributed by atoms with Gasteiger partial charge in [-0.05, 0) is 32.4 Å². The summed E-state index contributed by atoms with van der Waals surface area (Å²) in [5.74, 6) is 0.390. The third kappa shape index (κ3) is 4.91. The summed E-state index contributed by atoms with van der Waals surface area (Å²) in [6.45, 7) is 5.20. The molecule has 23 heavy (non-hydrogen) atoms. The van der Waals surface area contributed by atoms with Gasteiger partial charge in [0.1, 0.15) is 5.82 Å². The minimum atomic E-state index is -0.280. The zero-order valence-corrected chi connectivity index (χ0v) is 15.0. The van der Waals surface area contributed by atoms with Gasteiger partial charge in [-0.25, -0.2) is 9.37 Å². The highest BCUT2D eigenvalue weighted by atomic mass is 35.5. The van der Waals surface area contributed by atoms with Crippen molar-refractivity contribution in [3.05, 3.63) is 50.2 Å². The van der Waals surface area contributed by atoms with Crippen LogP contribution >= 0.6 is 22.9 Å². The van der Waals surface area contributed by atoms with Crippen LogP contribution in [0.3, 0.4) is 0 Å². The van der Waals surface area contributed by atoms with E-state index in [2.05, 4.69) is 20.6 Å². The molecule has 0 bridgehead atoms. The summed E-state index contributed by atoms with van der Waals surface area (Å²) < 4.78 is 13.7. The van der Waals surface area contributed by atoms with Crippen molar-refractivity contribution in [1.29, 1.82) is 0 Å². The lowest BCUT2D eigenvalue weighted by Gasteiger charge is -2.12. The number of aliphatic imine (C=N–C) groups is 1. The Morgan fingerprint density at radius 3 is 2.74 bits per heavy atom. The Morgan fingerprint density at radius 1 is 1.35 bits per heavy atom. The van der Waals surface area contributed by atoms with E-state index in [4.69, 9.17) is 11.6 Å². The maximum Gasteiger partial charge on any atom is 0.191 e. The number of hydrogen-bond acceptors (Lipinski definition) is 3. The summed E-state index contributed by atoms with van der Waals surface area (Å²) in [4.78, 5) is 9.75. The molecule has 0 saturated carbocycles. The van der Waals surface area contributed by atoms with Gasteiger partial charge in [-0.1, -0.05) is 17.7 Å². The van der Waals surface area contributed by atoms with E-state index in [9.17, 15) is 4.39 Å². The van der Waals surface area contributed by atoms with Crippen LogP contribution in [0.5, 0.6) is 0 Å². The van der Waals surface area contributed by atoms with Crippen LogP contribution in [0, 0.1) is 19.7 Å². The van der Waals surface area contributed by atoms with Crippen LogP contribution in [-0.4, -0.2) is 24.5 Å². The van der Waals surface area contributed by atoms with E-state index >= 15 is 0 Å². The number of nitrogens with one attached hydrogen (secondary N) is 2. The van der Waals surface area contributed by atoms with Gasteiger partial charge >= 0.3 is 0 Å². The Labute approximate surface area is 144 Å². The minimum Gasteiger partial charge on any atom is -0.356 e. The Bertz CT molecular complexity index is 679. The number of benzene rings is 1. The standard InChI is InChI=1S/C16H20ClFN4S/c1-10-15(23-11(2)22-10)9-21-16(19-3)20-8-7-12-13(17)5-4-6-14(12)18/h4-6H,7-9H2,1-3H3,(H2,19,20,21). The lowest BCUT2D eigenvalue weighted by atomic mass is 10.1. The monoisotopic (exact) mass is 354 g/mol. The third-order valence-corrected chi connectivity index (χ3v) is 4.80. The second-order valence-corrected chi connectivity index (χ2v) is 6.74. The summed E-state index contributed by atoms with van der Waals surface area (Å²) in [5, 5.41) is 7.91. The molecule has 0 atom stereocenters. The number of rotatable bonds is 5. The molecule has 0 aliphatic carbocycles. The SMILES string of the molecule is CN=C(NCCc1c(F)cccc1Cl)NCc1sc(C)nc1C. The Kier molecular flexibility index (Phi) is 6.36. The van der Waals surface area contributed by atoms with Crippen molar-refractivity contribution >= 4 is 28.9 Å². The quantitative estimate of drug-likeness (QED) is 0.638. The van der Waals surface area contributed by atoms with Crippen molar-refractivity contribution < 1.29 is 4.39 Å². The fourth-order valence-corrected chi connectivity index (χ4v) is 3.33. The van der Waals surface area contributed by atoms with Crippen molar-refractivity contribution in [2.75, 3.05) is 13.6 Å². The number of hydrogen-bond donors (Lipinski definition) is 2. The van der Waals surface area contributed by atoms with Crippen LogP contribution in [0.1, 0.15) is 21.1 Å². The molecule has 2 N–H and O–H groups in total. The lowest BCUT2D eigenvalue weighted by Crippen LogP contribution is -2.37. The first-order chi connectivity index (χ1) is 11.0. The molecule has 7 heteroatoms. The topological polar surface area (TPSA) is 49.3 Å². The van der Waals surface area contributed by atoms with Gasteiger partial charge in [0.15, 0.2) is 5.96 Å². The van der Waals surface area contributed by atoms with Crippen LogP contribution in [0.4, 0.5) is 4.39 Å². The number of guanidine groups is 1. The molecule has 0 fully saturated rings. The highest BCUT2D eigenvalue weighted by molar-refractivity contribution is 7.11. The highest BCUT2D eigenvalue weighted by Crippen LogP contribution is 2.19. The molecule has 1 aromatic heterocycles. The maximum absolute atomic E-state index is 13.7. The fourth-order valence-electron chi connectivity index (χ4n) is 2.20. The average Bonchev–Trinajstić information content (AvgIpc) is 2.83. The van der Waals surface area contributed by atoms with E-state index in [1.54, 1.807) is 30.5 Å². The normalized spacial score (nSPS) is 11.6. The second-order valence-electron chi connectivity index (χ2n) is 5.04. The van der Waals surface area contributed by atoms with Gasteiger partial charge in [-0.2, -0.15) is 0 Å². The van der Waals surface area contributed by atoms with Gasteiger partial charge in [0.25, 0.3) is 0 Å². The minimum absolute atomic E-state index is 0.280. The molecule has 124 valence electrons. The molecule has 1 aromatic carbocycles. The summed E-state index contributed by atoms with van der Waals surface area (Å²) in [5.41, 5.74) is 1.56. The maximum atomic E-state index is 13.7. The van der Waals surface area contributed by atoms with Crippen LogP contribution in [0.2, 0.25) is 5.02 Å². The van der Waals surface area contributed by atoms with Crippen LogP contribution in [0.25, 0.3) is 0 Å². The summed E-state index contributed by atoms with van der Waals surface area (Å²) in [6, 6.07) is 4.72.